The van der Waals surface area contributed by atoms with Crippen molar-refractivity contribution in [1.29, 1.82) is 0 Å². The SMILES string of the molecule is C=C(C)CN(C)C(=O)NCCC(C)CCC(=O)O. The fourth-order valence-electron chi connectivity index (χ4n) is 1.55. The molecule has 5 heteroatoms. The highest BCUT2D eigenvalue weighted by atomic mass is 16.4. The van der Waals surface area contributed by atoms with Crippen LogP contribution in [0.3, 0.4) is 0 Å². The molecule has 0 aliphatic rings. The topological polar surface area (TPSA) is 69.6 Å². The van der Waals surface area contributed by atoms with Crippen molar-refractivity contribution in [2.45, 2.75) is 33.1 Å². The van der Waals surface area contributed by atoms with Crippen molar-refractivity contribution in [3.05, 3.63) is 12.2 Å². The molecule has 2 N–H and O–H groups in total. The largest absolute Gasteiger partial charge is 0.481 e. The number of carboxylic acid groups (broad SMARTS) is 1. The highest BCUT2D eigenvalue weighted by Gasteiger charge is 2.09. The van der Waals surface area contributed by atoms with E-state index in [1.807, 2.05) is 13.8 Å². The molecule has 0 aromatic carbocycles. The van der Waals surface area contributed by atoms with E-state index in [9.17, 15) is 9.59 Å². The molecule has 0 rings (SSSR count). The van der Waals surface area contributed by atoms with E-state index in [2.05, 4.69) is 11.9 Å². The minimum Gasteiger partial charge on any atom is -0.481 e. The Kier molecular flexibility index (Phi) is 7.83. The van der Waals surface area contributed by atoms with Crippen molar-refractivity contribution in [3.63, 3.8) is 0 Å². The first kappa shape index (κ1) is 16.5. The number of hydrogen-bond acceptors (Lipinski definition) is 2. The molecule has 18 heavy (non-hydrogen) atoms. The molecule has 1 unspecified atom stereocenters. The second-order valence-corrected chi connectivity index (χ2v) is 4.87. The fraction of sp³-hybridized carbons (Fsp3) is 0.692. The molecule has 1 atom stereocenters. The number of amides is 2. The Bertz CT molecular complexity index is 303. The van der Waals surface area contributed by atoms with Crippen LogP contribution in [-0.4, -0.2) is 42.1 Å². The van der Waals surface area contributed by atoms with Crippen LogP contribution in [0.2, 0.25) is 0 Å². The molecule has 5 nitrogen and oxygen atoms in total. The molecule has 104 valence electrons. The van der Waals surface area contributed by atoms with Crippen LogP contribution in [0.25, 0.3) is 0 Å². The van der Waals surface area contributed by atoms with E-state index in [1.54, 1.807) is 11.9 Å². The number of likely N-dealkylation sites (N-methyl/N-ethyl adjacent to an activating group) is 1. The first-order valence-corrected chi connectivity index (χ1v) is 6.18. The zero-order chi connectivity index (χ0) is 14.1. The summed E-state index contributed by atoms with van der Waals surface area (Å²) in [7, 11) is 1.72. The molecule has 0 bridgehead atoms. The van der Waals surface area contributed by atoms with E-state index in [0.717, 1.165) is 12.0 Å². The van der Waals surface area contributed by atoms with Gasteiger partial charge in [0, 0.05) is 26.6 Å². The average molecular weight is 256 g/mol. The Morgan fingerprint density at radius 2 is 2.00 bits per heavy atom. The molecule has 0 aromatic rings. The van der Waals surface area contributed by atoms with Gasteiger partial charge in [-0.15, -0.1) is 0 Å². The number of urea groups is 1. The van der Waals surface area contributed by atoms with E-state index in [-0.39, 0.29) is 12.5 Å². The van der Waals surface area contributed by atoms with Gasteiger partial charge in [0.05, 0.1) is 0 Å². The van der Waals surface area contributed by atoms with Gasteiger partial charge in [-0.3, -0.25) is 4.79 Å². The van der Waals surface area contributed by atoms with Gasteiger partial charge in [0.15, 0.2) is 0 Å². The number of carbonyl (C=O) groups is 2. The van der Waals surface area contributed by atoms with E-state index < -0.39 is 5.97 Å². The third-order valence-corrected chi connectivity index (χ3v) is 2.62. The highest BCUT2D eigenvalue weighted by molar-refractivity contribution is 5.74. The molecule has 0 radical (unpaired) electrons. The van der Waals surface area contributed by atoms with Crippen molar-refractivity contribution in [3.8, 4) is 0 Å². The predicted molar refractivity (Wildman–Crippen MR) is 71.5 cm³/mol. The number of carboxylic acids is 1. The zero-order valence-electron chi connectivity index (χ0n) is 11.5. The van der Waals surface area contributed by atoms with Gasteiger partial charge in [-0.1, -0.05) is 19.1 Å². The first-order valence-electron chi connectivity index (χ1n) is 6.18. The van der Waals surface area contributed by atoms with E-state index >= 15 is 0 Å². The van der Waals surface area contributed by atoms with E-state index in [4.69, 9.17) is 5.11 Å². The van der Waals surface area contributed by atoms with Crippen molar-refractivity contribution < 1.29 is 14.7 Å². The van der Waals surface area contributed by atoms with Crippen LogP contribution in [0.15, 0.2) is 12.2 Å². The lowest BCUT2D eigenvalue weighted by Gasteiger charge is -2.18. The molecule has 0 spiro atoms. The van der Waals surface area contributed by atoms with Crippen molar-refractivity contribution in [2.24, 2.45) is 5.92 Å². The molecule has 0 aliphatic heterocycles. The summed E-state index contributed by atoms with van der Waals surface area (Å²) in [5.74, 6) is -0.472. The maximum Gasteiger partial charge on any atom is 0.317 e. The maximum atomic E-state index is 11.6. The predicted octanol–water partition coefficient (Wildman–Crippen LogP) is 2.09. The summed E-state index contributed by atoms with van der Waals surface area (Å²) >= 11 is 0. The minimum absolute atomic E-state index is 0.122. The van der Waals surface area contributed by atoms with Gasteiger partial charge in [0.25, 0.3) is 0 Å². The van der Waals surface area contributed by atoms with Gasteiger partial charge < -0.3 is 15.3 Å². The highest BCUT2D eigenvalue weighted by Crippen LogP contribution is 2.09. The van der Waals surface area contributed by atoms with E-state index in [0.29, 0.717) is 25.4 Å². The monoisotopic (exact) mass is 256 g/mol. The molecule has 0 saturated heterocycles. The zero-order valence-corrected chi connectivity index (χ0v) is 11.5. The molecular formula is C13H24N2O3. The smallest absolute Gasteiger partial charge is 0.317 e. The molecule has 0 heterocycles. The molecule has 0 aromatic heterocycles. The lowest BCUT2D eigenvalue weighted by Crippen LogP contribution is -2.38. The lowest BCUT2D eigenvalue weighted by atomic mass is 10.0. The third-order valence-electron chi connectivity index (χ3n) is 2.62. The van der Waals surface area contributed by atoms with Crippen LogP contribution in [0, 0.1) is 5.92 Å². The summed E-state index contributed by atoms with van der Waals surface area (Å²) in [6, 6.07) is -0.122. The Hall–Kier alpha value is -1.52. The van der Waals surface area contributed by atoms with Crippen molar-refractivity contribution >= 4 is 12.0 Å². The van der Waals surface area contributed by atoms with Crippen LogP contribution in [0.5, 0.6) is 0 Å². The molecule has 0 fully saturated rings. The molecular weight excluding hydrogens is 232 g/mol. The quantitative estimate of drug-likeness (QED) is 0.653. The molecule has 0 saturated carbocycles. The Morgan fingerprint density at radius 3 is 2.50 bits per heavy atom. The maximum absolute atomic E-state index is 11.6. The van der Waals surface area contributed by atoms with Gasteiger partial charge in [0.1, 0.15) is 0 Å². The summed E-state index contributed by atoms with van der Waals surface area (Å²) in [4.78, 5) is 23.6. The van der Waals surface area contributed by atoms with Gasteiger partial charge >= 0.3 is 12.0 Å². The fourth-order valence-corrected chi connectivity index (χ4v) is 1.55. The summed E-state index contributed by atoms with van der Waals surface area (Å²) in [5.41, 5.74) is 0.933. The van der Waals surface area contributed by atoms with Crippen molar-refractivity contribution in [1.82, 2.24) is 10.2 Å². The average Bonchev–Trinajstić information content (AvgIpc) is 2.25. The van der Waals surface area contributed by atoms with E-state index in [1.165, 1.54) is 0 Å². The third kappa shape index (κ3) is 8.61. The van der Waals surface area contributed by atoms with Gasteiger partial charge in [0.2, 0.25) is 0 Å². The summed E-state index contributed by atoms with van der Waals surface area (Å²) < 4.78 is 0. The molecule has 0 aliphatic carbocycles. The number of hydrogen-bond donors (Lipinski definition) is 2. The van der Waals surface area contributed by atoms with Gasteiger partial charge in [-0.25, -0.2) is 4.79 Å². The minimum atomic E-state index is -0.771. The van der Waals surface area contributed by atoms with Gasteiger partial charge in [-0.05, 0) is 25.7 Å². The Labute approximate surface area is 109 Å². The van der Waals surface area contributed by atoms with Crippen LogP contribution >= 0.6 is 0 Å². The standard InChI is InChI=1S/C13H24N2O3/c1-10(2)9-15(4)13(18)14-8-7-11(3)5-6-12(16)17/h11H,1,5-9H2,2-4H3,(H,14,18)(H,16,17). The van der Waals surface area contributed by atoms with Crippen molar-refractivity contribution in [2.75, 3.05) is 20.1 Å². The number of rotatable bonds is 8. The number of carbonyl (C=O) groups excluding carboxylic acids is 1. The van der Waals surface area contributed by atoms with Crippen LogP contribution in [0.1, 0.15) is 33.1 Å². The second-order valence-electron chi connectivity index (χ2n) is 4.87. The molecule has 2 amide bonds. The van der Waals surface area contributed by atoms with Crippen LogP contribution in [-0.2, 0) is 4.79 Å². The Morgan fingerprint density at radius 1 is 1.39 bits per heavy atom. The first-order chi connectivity index (χ1) is 8.32. The Balaban J connectivity index is 3.73. The summed E-state index contributed by atoms with van der Waals surface area (Å²) in [6.07, 6.45) is 1.62. The summed E-state index contributed by atoms with van der Waals surface area (Å²) in [5, 5.41) is 11.4. The number of nitrogens with one attached hydrogen (secondary N) is 1. The van der Waals surface area contributed by atoms with Crippen LogP contribution in [0.4, 0.5) is 4.79 Å². The second kappa shape index (κ2) is 8.55. The van der Waals surface area contributed by atoms with Crippen LogP contribution < -0.4 is 5.32 Å². The normalized spacial score (nSPS) is 11.7. The number of nitrogens with zero attached hydrogens (tertiary/aromatic N) is 1. The summed E-state index contributed by atoms with van der Waals surface area (Å²) in [6.45, 7) is 8.73. The lowest BCUT2D eigenvalue weighted by molar-refractivity contribution is -0.137. The number of aliphatic carboxylic acids is 1. The van der Waals surface area contributed by atoms with Gasteiger partial charge in [-0.2, -0.15) is 0 Å².